The Morgan fingerprint density at radius 2 is 2.09 bits per heavy atom. The van der Waals surface area contributed by atoms with E-state index in [9.17, 15) is 0 Å². The highest BCUT2D eigenvalue weighted by molar-refractivity contribution is 7.15. The van der Waals surface area contributed by atoms with Crippen molar-refractivity contribution in [3.8, 4) is 27.7 Å². The molecule has 0 bridgehead atoms. The fourth-order valence-corrected chi connectivity index (χ4v) is 3.32. The summed E-state index contributed by atoms with van der Waals surface area (Å²) in [5, 5.41) is 0.961. The number of nitrogens with zero attached hydrogens (tertiary/aromatic N) is 2. The molecule has 2 N–H and O–H groups in total. The molecule has 4 nitrogen and oxygen atoms in total. The second kappa shape index (κ2) is 6.68. The molecule has 0 atom stereocenters. The van der Waals surface area contributed by atoms with Crippen molar-refractivity contribution in [1.82, 2.24) is 9.97 Å². The van der Waals surface area contributed by atoms with Gasteiger partial charge in [0.25, 0.3) is 0 Å². The number of benzene rings is 1. The van der Waals surface area contributed by atoms with Gasteiger partial charge in [-0.3, -0.25) is 4.98 Å². The number of thiazole rings is 1. The third-order valence-electron chi connectivity index (χ3n) is 3.29. The highest BCUT2D eigenvalue weighted by Crippen LogP contribution is 2.34. The van der Waals surface area contributed by atoms with Crippen molar-refractivity contribution in [3.05, 3.63) is 53.5 Å². The summed E-state index contributed by atoms with van der Waals surface area (Å²) in [6, 6.07) is 13.8. The Kier molecular flexibility index (Phi) is 4.46. The second-order valence-electron chi connectivity index (χ2n) is 4.78. The average molecular weight is 311 g/mol. The van der Waals surface area contributed by atoms with Gasteiger partial charge < -0.3 is 10.5 Å². The molecule has 0 amide bonds. The van der Waals surface area contributed by atoms with Crippen molar-refractivity contribution in [2.45, 2.75) is 6.42 Å². The van der Waals surface area contributed by atoms with Crippen molar-refractivity contribution in [3.63, 3.8) is 0 Å². The number of nitrogens with two attached hydrogens (primary N) is 1. The molecule has 0 spiro atoms. The molecule has 2 aromatic heterocycles. The van der Waals surface area contributed by atoms with E-state index in [1.807, 2.05) is 42.5 Å². The molecule has 112 valence electrons. The highest BCUT2D eigenvalue weighted by atomic mass is 32.1. The van der Waals surface area contributed by atoms with Crippen LogP contribution in [0.1, 0.15) is 4.88 Å². The van der Waals surface area contributed by atoms with E-state index in [0.717, 1.165) is 34.1 Å². The molecule has 5 heteroatoms. The molecule has 0 unspecified atom stereocenters. The van der Waals surface area contributed by atoms with Gasteiger partial charge in [-0.25, -0.2) is 4.98 Å². The molecule has 0 fully saturated rings. The van der Waals surface area contributed by atoms with Gasteiger partial charge in [0.05, 0.1) is 12.8 Å². The predicted molar refractivity (Wildman–Crippen MR) is 90.1 cm³/mol. The quantitative estimate of drug-likeness (QED) is 0.784. The molecule has 0 saturated heterocycles. The standard InChI is InChI=1S/C17H17N3OS/c1-21-13-6-4-5-12(11-13)17-20-16(15(22-17)8-9-18)14-7-2-3-10-19-14/h2-7,10-11H,8-9,18H2,1H3. The maximum Gasteiger partial charge on any atom is 0.124 e. The average Bonchev–Trinajstić information content (AvgIpc) is 3.00. The lowest BCUT2D eigenvalue weighted by Gasteiger charge is -2.01. The van der Waals surface area contributed by atoms with E-state index in [-0.39, 0.29) is 0 Å². The van der Waals surface area contributed by atoms with Crippen LogP contribution in [0.15, 0.2) is 48.7 Å². The van der Waals surface area contributed by atoms with E-state index in [1.165, 1.54) is 4.88 Å². The molecule has 22 heavy (non-hydrogen) atoms. The van der Waals surface area contributed by atoms with Crippen molar-refractivity contribution < 1.29 is 4.74 Å². The van der Waals surface area contributed by atoms with Crippen LogP contribution in [0.4, 0.5) is 0 Å². The van der Waals surface area contributed by atoms with Gasteiger partial charge in [0.15, 0.2) is 0 Å². The minimum absolute atomic E-state index is 0.597. The van der Waals surface area contributed by atoms with Crippen LogP contribution in [0.3, 0.4) is 0 Å². The first kappa shape index (κ1) is 14.7. The van der Waals surface area contributed by atoms with Gasteiger partial charge in [-0.05, 0) is 37.2 Å². The number of hydrogen-bond acceptors (Lipinski definition) is 5. The van der Waals surface area contributed by atoms with Crippen LogP contribution in [0.5, 0.6) is 5.75 Å². The van der Waals surface area contributed by atoms with Crippen LogP contribution in [-0.4, -0.2) is 23.6 Å². The summed E-state index contributed by atoms with van der Waals surface area (Å²) in [4.78, 5) is 10.4. The molecule has 0 aliphatic rings. The van der Waals surface area contributed by atoms with Crippen molar-refractivity contribution in [1.29, 1.82) is 0 Å². The number of pyridine rings is 1. The van der Waals surface area contributed by atoms with Crippen LogP contribution in [0.25, 0.3) is 22.0 Å². The smallest absolute Gasteiger partial charge is 0.124 e. The fourth-order valence-electron chi connectivity index (χ4n) is 2.23. The lowest BCUT2D eigenvalue weighted by atomic mass is 10.2. The van der Waals surface area contributed by atoms with E-state index < -0.39 is 0 Å². The summed E-state index contributed by atoms with van der Waals surface area (Å²) in [7, 11) is 1.67. The summed E-state index contributed by atoms with van der Waals surface area (Å²) in [5.41, 5.74) is 8.60. The molecule has 1 aromatic carbocycles. The molecule has 0 aliphatic heterocycles. The molecule has 3 aromatic rings. The van der Waals surface area contributed by atoms with E-state index in [0.29, 0.717) is 6.54 Å². The Bertz CT molecular complexity index is 756. The molecular formula is C17H17N3OS. The largest absolute Gasteiger partial charge is 0.497 e. The number of ether oxygens (including phenoxy) is 1. The van der Waals surface area contributed by atoms with Crippen molar-refractivity contribution in [2.24, 2.45) is 5.73 Å². The summed E-state index contributed by atoms with van der Waals surface area (Å²) < 4.78 is 5.29. The van der Waals surface area contributed by atoms with Crippen molar-refractivity contribution in [2.75, 3.05) is 13.7 Å². The topological polar surface area (TPSA) is 61.0 Å². The van der Waals surface area contributed by atoms with Gasteiger partial charge in [-0.2, -0.15) is 0 Å². The van der Waals surface area contributed by atoms with E-state index in [4.69, 9.17) is 15.5 Å². The zero-order chi connectivity index (χ0) is 15.4. The predicted octanol–water partition coefficient (Wildman–Crippen LogP) is 3.38. The molecule has 0 radical (unpaired) electrons. The Morgan fingerprint density at radius 3 is 2.82 bits per heavy atom. The zero-order valence-electron chi connectivity index (χ0n) is 12.3. The first-order valence-corrected chi connectivity index (χ1v) is 7.89. The summed E-state index contributed by atoms with van der Waals surface area (Å²) in [6.45, 7) is 0.597. The Hall–Kier alpha value is -2.24. The number of hydrogen-bond donors (Lipinski definition) is 1. The van der Waals surface area contributed by atoms with Crippen LogP contribution < -0.4 is 10.5 Å². The molecule has 0 saturated carbocycles. The normalized spacial score (nSPS) is 10.6. The van der Waals surface area contributed by atoms with Crippen LogP contribution >= 0.6 is 11.3 Å². The first-order valence-electron chi connectivity index (χ1n) is 7.07. The lowest BCUT2D eigenvalue weighted by Crippen LogP contribution is -2.02. The Morgan fingerprint density at radius 1 is 1.18 bits per heavy atom. The molecule has 0 aliphatic carbocycles. The van der Waals surface area contributed by atoms with Crippen LogP contribution in [-0.2, 0) is 6.42 Å². The highest BCUT2D eigenvalue weighted by Gasteiger charge is 2.15. The third kappa shape index (κ3) is 3.00. The third-order valence-corrected chi connectivity index (χ3v) is 4.46. The second-order valence-corrected chi connectivity index (χ2v) is 5.86. The maximum absolute atomic E-state index is 5.74. The summed E-state index contributed by atoms with van der Waals surface area (Å²) in [5.74, 6) is 0.826. The van der Waals surface area contributed by atoms with E-state index in [1.54, 1.807) is 24.6 Å². The minimum Gasteiger partial charge on any atom is -0.497 e. The summed E-state index contributed by atoms with van der Waals surface area (Å²) >= 11 is 1.66. The van der Waals surface area contributed by atoms with Crippen LogP contribution in [0, 0.1) is 0 Å². The van der Waals surface area contributed by atoms with Gasteiger partial charge in [0, 0.05) is 16.6 Å². The monoisotopic (exact) mass is 311 g/mol. The zero-order valence-corrected chi connectivity index (χ0v) is 13.1. The molecule has 2 heterocycles. The SMILES string of the molecule is COc1cccc(-c2nc(-c3ccccn3)c(CCN)s2)c1. The number of aromatic nitrogens is 2. The molecule has 3 rings (SSSR count). The van der Waals surface area contributed by atoms with Crippen molar-refractivity contribution >= 4 is 11.3 Å². The van der Waals surface area contributed by atoms with E-state index in [2.05, 4.69) is 4.98 Å². The lowest BCUT2D eigenvalue weighted by molar-refractivity contribution is 0.415. The van der Waals surface area contributed by atoms with Crippen LogP contribution in [0.2, 0.25) is 0 Å². The van der Waals surface area contributed by atoms with Gasteiger partial charge >= 0.3 is 0 Å². The number of rotatable bonds is 5. The van der Waals surface area contributed by atoms with E-state index >= 15 is 0 Å². The Balaban J connectivity index is 2.06. The van der Waals surface area contributed by atoms with Gasteiger partial charge in [-0.15, -0.1) is 11.3 Å². The molecular weight excluding hydrogens is 294 g/mol. The van der Waals surface area contributed by atoms with Gasteiger partial charge in [0.2, 0.25) is 0 Å². The summed E-state index contributed by atoms with van der Waals surface area (Å²) in [6.07, 6.45) is 2.58. The minimum atomic E-state index is 0.597. The fraction of sp³-hybridized carbons (Fsp3) is 0.176. The van der Waals surface area contributed by atoms with Gasteiger partial charge in [0.1, 0.15) is 16.5 Å². The first-order chi connectivity index (χ1) is 10.8. The maximum atomic E-state index is 5.74. The number of methoxy groups -OCH3 is 1. The van der Waals surface area contributed by atoms with Gasteiger partial charge in [-0.1, -0.05) is 18.2 Å². The Labute approximate surface area is 133 Å².